The van der Waals surface area contributed by atoms with Crippen molar-refractivity contribution in [2.45, 2.75) is 13.8 Å². The number of aromatic nitrogens is 3. The van der Waals surface area contributed by atoms with E-state index in [0.29, 0.717) is 17.1 Å². The number of nitrogens with zero attached hydrogens (tertiary/aromatic N) is 3. The van der Waals surface area contributed by atoms with Gasteiger partial charge in [0.1, 0.15) is 6.61 Å². The van der Waals surface area contributed by atoms with Gasteiger partial charge in [-0.25, -0.2) is 9.97 Å². The Morgan fingerprint density at radius 1 is 1.19 bits per heavy atom. The third kappa shape index (κ3) is 3.89. The van der Waals surface area contributed by atoms with E-state index in [1.807, 2.05) is 42.7 Å². The zero-order valence-corrected chi connectivity index (χ0v) is 14.6. The molecule has 1 aromatic carbocycles. The fourth-order valence-corrected chi connectivity index (χ4v) is 2.45. The number of ether oxygens (including phenoxy) is 1. The number of anilines is 1. The van der Waals surface area contributed by atoms with Crippen LogP contribution in [0.5, 0.6) is 5.88 Å². The van der Waals surface area contributed by atoms with E-state index in [1.165, 1.54) is 12.3 Å². The second-order valence-electron chi connectivity index (χ2n) is 5.74. The summed E-state index contributed by atoms with van der Waals surface area (Å²) in [5.41, 5.74) is 4.15. The second-order valence-corrected chi connectivity index (χ2v) is 5.74. The Kier molecular flexibility index (Phi) is 5.28. The predicted molar refractivity (Wildman–Crippen MR) is 97.8 cm³/mol. The van der Waals surface area contributed by atoms with Gasteiger partial charge in [-0.05, 0) is 44.2 Å². The van der Waals surface area contributed by atoms with E-state index >= 15 is 0 Å². The Morgan fingerprint density at radius 2 is 1.96 bits per heavy atom. The molecule has 2 heterocycles. The molecule has 0 saturated heterocycles. The number of carbonyl (C=O) groups is 1. The highest BCUT2D eigenvalue weighted by Crippen LogP contribution is 2.18. The molecule has 0 aliphatic carbocycles. The maximum absolute atomic E-state index is 12.4. The van der Waals surface area contributed by atoms with Crippen molar-refractivity contribution in [2.75, 3.05) is 18.5 Å². The third-order valence-corrected chi connectivity index (χ3v) is 3.99. The standard InChI is InChI=1S/C19H20N4O3/c1-13-14(2)23(12-21-13)17-5-3-16(4-6-17)22-19(25)15-7-8-20-18(11-15)26-10-9-24/h3-8,11-12,24H,9-10H2,1-2H3,(H,22,25). The molecule has 0 atom stereocenters. The van der Waals surface area contributed by atoms with Crippen molar-refractivity contribution in [1.82, 2.24) is 14.5 Å². The first kappa shape index (κ1) is 17.6. The van der Waals surface area contributed by atoms with Gasteiger partial charge < -0.3 is 19.7 Å². The first-order valence-electron chi connectivity index (χ1n) is 8.20. The molecule has 2 N–H and O–H groups in total. The number of aliphatic hydroxyl groups excluding tert-OH is 1. The summed E-state index contributed by atoms with van der Waals surface area (Å²) < 4.78 is 7.22. The van der Waals surface area contributed by atoms with Crippen LogP contribution in [0.3, 0.4) is 0 Å². The number of amides is 1. The highest BCUT2D eigenvalue weighted by atomic mass is 16.5. The molecule has 0 spiro atoms. The van der Waals surface area contributed by atoms with Crippen LogP contribution in [0.4, 0.5) is 5.69 Å². The van der Waals surface area contributed by atoms with Crippen LogP contribution in [0.2, 0.25) is 0 Å². The number of nitrogens with one attached hydrogen (secondary N) is 1. The van der Waals surface area contributed by atoms with E-state index in [9.17, 15) is 4.79 Å². The number of imidazole rings is 1. The molecule has 0 bridgehead atoms. The van der Waals surface area contributed by atoms with Gasteiger partial charge in [-0.3, -0.25) is 4.79 Å². The highest BCUT2D eigenvalue weighted by molar-refractivity contribution is 6.04. The monoisotopic (exact) mass is 352 g/mol. The van der Waals surface area contributed by atoms with Crippen molar-refractivity contribution in [3.63, 3.8) is 0 Å². The van der Waals surface area contributed by atoms with E-state index in [4.69, 9.17) is 9.84 Å². The largest absolute Gasteiger partial charge is 0.475 e. The molecular weight excluding hydrogens is 332 g/mol. The predicted octanol–water partition coefficient (Wildman–Crippen LogP) is 2.51. The van der Waals surface area contributed by atoms with Crippen LogP contribution < -0.4 is 10.1 Å². The summed E-state index contributed by atoms with van der Waals surface area (Å²) in [5.74, 6) is 0.0386. The van der Waals surface area contributed by atoms with Gasteiger partial charge in [0, 0.05) is 34.9 Å². The molecule has 7 heteroatoms. The lowest BCUT2D eigenvalue weighted by Crippen LogP contribution is -2.12. The van der Waals surface area contributed by atoms with Gasteiger partial charge in [-0.2, -0.15) is 0 Å². The Morgan fingerprint density at radius 3 is 2.62 bits per heavy atom. The summed E-state index contributed by atoms with van der Waals surface area (Å²) in [6.45, 7) is 4.00. The van der Waals surface area contributed by atoms with Crippen LogP contribution in [0.25, 0.3) is 5.69 Å². The van der Waals surface area contributed by atoms with Crippen molar-refractivity contribution in [3.05, 3.63) is 65.9 Å². The molecule has 0 fully saturated rings. The summed E-state index contributed by atoms with van der Waals surface area (Å²) in [5, 5.41) is 11.6. The van der Waals surface area contributed by atoms with E-state index < -0.39 is 0 Å². The lowest BCUT2D eigenvalue weighted by Gasteiger charge is -2.09. The number of benzene rings is 1. The number of rotatable bonds is 6. The summed E-state index contributed by atoms with van der Waals surface area (Å²) in [6, 6.07) is 10.7. The molecule has 3 aromatic rings. The maximum Gasteiger partial charge on any atom is 0.255 e. The first-order chi connectivity index (χ1) is 12.6. The Labute approximate surface area is 151 Å². The normalized spacial score (nSPS) is 10.6. The minimum atomic E-state index is -0.261. The minimum absolute atomic E-state index is 0.111. The zero-order valence-electron chi connectivity index (χ0n) is 14.6. The van der Waals surface area contributed by atoms with Gasteiger partial charge in [0.15, 0.2) is 0 Å². The topological polar surface area (TPSA) is 89.3 Å². The number of hydrogen-bond acceptors (Lipinski definition) is 5. The smallest absolute Gasteiger partial charge is 0.255 e. The van der Waals surface area contributed by atoms with Crippen molar-refractivity contribution in [1.29, 1.82) is 0 Å². The van der Waals surface area contributed by atoms with Crippen LogP contribution in [0.15, 0.2) is 48.9 Å². The molecule has 3 rings (SSSR count). The van der Waals surface area contributed by atoms with E-state index in [2.05, 4.69) is 15.3 Å². The van der Waals surface area contributed by atoms with Crippen LogP contribution in [0.1, 0.15) is 21.7 Å². The molecule has 0 radical (unpaired) electrons. The minimum Gasteiger partial charge on any atom is -0.475 e. The first-order valence-corrected chi connectivity index (χ1v) is 8.20. The average molecular weight is 352 g/mol. The number of pyridine rings is 1. The molecular formula is C19H20N4O3. The molecule has 0 aliphatic rings. The van der Waals surface area contributed by atoms with Gasteiger partial charge in [-0.15, -0.1) is 0 Å². The molecule has 134 valence electrons. The van der Waals surface area contributed by atoms with Crippen molar-refractivity contribution >= 4 is 11.6 Å². The van der Waals surface area contributed by atoms with Crippen LogP contribution in [0, 0.1) is 13.8 Å². The third-order valence-electron chi connectivity index (χ3n) is 3.99. The van der Waals surface area contributed by atoms with Crippen molar-refractivity contribution in [3.8, 4) is 11.6 Å². The van der Waals surface area contributed by atoms with E-state index in [-0.39, 0.29) is 19.1 Å². The Bertz CT molecular complexity index is 903. The Balaban J connectivity index is 1.71. The van der Waals surface area contributed by atoms with Crippen LogP contribution in [-0.4, -0.2) is 38.8 Å². The van der Waals surface area contributed by atoms with Gasteiger partial charge >= 0.3 is 0 Å². The molecule has 0 saturated carbocycles. The van der Waals surface area contributed by atoms with Crippen LogP contribution in [-0.2, 0) is 0 Å². The highest BCUT2D eigenvalue weighted by Gasteiger charge is 2.09. The van der Waals surface area contributed by atoms with Crippen molar-refractivity contribution in [2.24, 2.45) is 0 Å². The average Bonchev–Trinajstić information content (AvgIpc) is 3.00. The molecule has 7 nitrogen and oxygen atoms in total. The summed E-state index contributed by atoms with van der Waals surface area (Å²) in [6.07, 6.45) is 3.28. The molecule has 26 heavy (non-hydrogen) atoms. The fourth-order valence-electron chi connectivity index (χ4n) is 2.45. The van der Waals surface area contributed by atoms with Gasteiger partial charge in [0.05, 0.1) is 18.6 Å². The summed E-state index contributed by atoms with van der Waals surface area (Å²) in [7, 11) is 0. The Hall–Kier alpha value is -3.19. The van der Waals surface area contributed by atoms with E-state index in [0.717, 1.165) is 17.1 Å². The number of aryl methyl sites for hydroxylation is 1. The number of aliphatic hydroxyl groups is 1. The molecule has 0 unspecified atom stereocenters. The lowest BCUT2D eigenvalue weighted by molar-refractivity contribution is 0.102. The summed E-state index contributed by atoms with van der Waals surface area (Å²) in [4.78, 5) is 20.7. The van der Waals surface area contributed by atoms with Crippen LogP contribution >= 0.6 is 0 Å². The molecule has 1 amide bonds. The fraction of sp³-hybridized carbons (Fsp3) is 0.211. The molecule has 2 aromatic heterocycles. The molecule has 0 aliphatic heterocycles. The van der Waals surface area contributed by atoms with Gasteiger partial charge in [-0.1, -0.05) is 0 Å². The number of carbonyl (C=O) groups excluding carboxylic acids is 1. The maximum atomic E-state index is 12.4. The van der Waals surface area contributed by atoms with E-state index in [1.54, 1.807) is 12.4 Å². The quantitative estimate of drug-likeness (QED) is 0.711. The summed E-state index contributed by atoms with van der Waals surface area (Å²) >= 11 is 0. The van der Waals surface area contributed by atoms with Gasteiger partial charge in [0.25, 0.3) is 5.91 Å². The zero-order chi connectivity index (χ0) is 18.5. The number of hydrogen-bond donors (Lipinski definition) is 2. The van der Waals surface area contributed by atoms with Crippen molar-refractivity contribution < 1.29 is 14.6 Å². The second kappa shape index (κ2) is 7.79. The SMILES string of the molecule is Cc1ncn(-c2ccc(NC(=O)c3ccnc(OCCO)c3)cc2)c1C. The van der Waals surface area contributed by atoms with Gasteiger partial charge in [0.2, 0.25) is 5.88 Å². The lowest BCUT2D eigenvalue weighted by atomic mass is 10.2.